The monoisotopic (exact) mass is 537 g/mol. The number of hydrogen-bond donors (Lipinski definition) is 2. The average molecular weight is 538 g/mol. The quantitative estimate of drug-likeness (QED) is 0.211. The van der Waals surface area contributed by atoms with E-state index < -0.39 is 0 Å². The Morgan fingerprint density at radius 3 is 2.90 bits per heavy atom. The first kappa shape index (κ1) is 28.4. The van der Waals surface area contributed by atoms with Crippen LogP contribution in [0.15, 0.2) is 43.1 Å². The molecule has 0 saturated carbocycles. The Morgan fingerprint density at radius 1 is 1.23 bits per heavy atom. The summed E-state index contributed by atoms with van der Waals surface area (Å²) in [6.45, 7) is 9.98. The van der Waals surface area contributed by atoms with Crippen LogP contribution in [0, 0.1) is 5.82 Å². The maximum absolute atomic E-state index is 15.0. The molecule has 1 unspecified atom stereocenters. The van der Waals surface area contributed by atoms with E-state index in [9.17, 15) is 9.18 Å². The molecule has 4 rings (SSSR count). The predicted molar refractivity (Wildman–Crippen MR) is 147 cm³/mol. The van der Waals surface area contributed by atoms with Gasteiger partial charge in [-0.2, -0.15) is 0 Å². The van der Waals surface area contributed by atoms with E-state index in [0.29, 0.717) is 66.6 Å². The lowest BCUT2D eigenvalue weighted by Crippen LogP contribution is -2.34. The number of amides is 1. The molecule has 0 saturated heterocycles. The fraction of sp³-hybridized carbons (Fsp3) is 0.448. The third-order valence-electron chi connectivity index (χ3n) is 6.84. The smallest absolute Gasteiger partial charge is 0.263 e. The van der Waals surface area contributed by atoms with Crippen LogP contribution in [-0.4, -0.2) is 52.8 Å². The fourth-order valence-corrected chi connectivity index (χ4v) is 4.78. The highest BCUT2D eigenvalue weighted by Gasteiger charge is 2.29. The number of anilines is 1. The maximum Gasteiger partial charge on any atom is 0.263 e. The van der Waals surface area contributed by atoms with Gasteiger partial charge < -0.3 is 24.8 Å². The molecule has 3 aromatic rings. The van der Waals surface area contributed by atoms with Gasteiger partial charge in [0.05, 0.1) is 28.5 Å². The first-order valence-electron chi connectivity index (χ1n) is 13.4. The normalized spacial score (nSPS) is 14.3. The summed E-state index contributed by atoms with van der Waals surface area (Å²) in [6.07, 6.45) is 6.51. The summed E-state index contributed by atoms with van der Waals surface area (Å²) in [6, 6.07) is 7.23. The maximum atomic E-state index is 15.0. The summed E-state index contributed by atoms with van der Waals surface area (Å²) in [4.78, 5) is 24.8. The molecule has 39 heavy (non-hydrogen) atoms. The van der Waals surface area contributed by atoms with Crippen molar-refractivity contribution in [2.75, 3.05) is 31.7 Å². The third kappa shape index (κ3) is 7.27. The van der Waals surface area contributed by atoms with E-state index in [4.69, 9.17) is 14.2 Å². The minimum absolute atomic E-state index is 0.0109. The first-order chi connectivity index (χ1) is 19.0. The lowest BCUT2D eigenvalue weighted by Gasteiger charge is -2.33. The first-order valence-corrected chi connectivity index (χ1v) is 13.4. The second-order valence-corrected chi connectivity index (χ2v) is 9.44. The van der Waals surface area contributed by atoms with Crippen molar-refractivity contribution in [1.29, 1.82) is 0 Å². The number of aryl methyl sites for hydroxylation is 1. The number of ether oxygens (including phenoxy) is 3. The Hall–Kier alpha value is -3.63. The van der Waals surface area contributed by atoms with Crippen LogP contribution in [0.4, 0.5) is 10.2 Å². The van der Waals surface area contributed by atoms with E-state index in [1.807, 2.05) is 19.1 Å². The molecule has 1 atom stereocenters. The number of rotatable bonds is 15. The van der Waals surface area contributed by atoms with E-state index in [1.54, 1.807) is 18.2 Å². The van der Waals surface area contributed by atoms with Gasteiger partial charge in [-0.15, -0.1) is 0 Å². The molecule has 0 aromatic carbocycles. The highest BCUT2D eigenvalue weighted by molar-refractivity contribution is 5.94. The van der Waals surface area contributed by atoms with Crippen molar-refractivity contribution in [2.45, 2.75) is 58.1 Å². The lowest BCUT2D eigenvalue weighted by molar-refractivity contribution is -0.118. The van der Waals surface area contributed by atoms with Crippen molar-refractivity contribution in [2.24, 2.45) is 0 Å². The van der Waals surface area contributed by atoms with Gasteiger partial charge in [-0.3, -0.25) is 9.78 Å². The molecule has 0 fully saturated rings. The SMILES string of the molecule is C=CCOc1ccc2ncc(F)c(CCC(CC)(CCCNCc3ccc4c(n3)NC(=O)CO4)OCC)c2n1. The number of aromatic nitrogens is 3. The molecule has 0 radical (unpaired) electrons. The molecule has 208 valence electrons. The summed E-state index contributed by atoms with van der Waals surface area (Å²) < 4.78 is 32.2. The highest BCUT2D eigenvalue weighted by Crippen LogP contribution is 2.31. The summed E-state index contributed by atoms with van der Waals surface area (Å²) >= 11 is 0. The molecular formula is C29H36FN5O4. The Kier molecular flexibility index (Phi) is 9.78. The van der Waals surface area contributed by atoms with Crippen molar-refractivity contribution in [1.82, 2.24) is 20.3 Å². The number of pyridine rings is 3. The van der Waals surface area contributed by atoms with E-state index in [0.717, 1.165) is 31.5 Å². The Bertz CT molecular complexity index is 1300. The minimum Gasteiger partial charge on any atom is -0.480 e. The van der Waals surface area contributed by atoms with Gasteiger partial charge in [-0.25, -0.2) is 14.4 Å². The van der Waals surface area contributed by atoms with Gasteiger partial charge in [-0.05, 0) is 63.8 Å². The van der Waals surface area contributed by atoms with Crippen molar-refractivity contribution in [3.63, 3.8) is 0 Å². The van der Waals surface area contributed by atoms with Crippen LogP contribution in [0.2, 0.25) is 0 Å². The third-order valence-corrected chi connectivity index (χ3v) is 6.84. The van der Waals surface area contributed by atoms with Crippen LogP contribution in [0.25, 0.3) is 11.0 Å². The van der Waals surface area contributed by atoms with E-state index >= 15 is 0 Å². The number of nitrogens with one attached hydrogen (secondary N) is 2. The number of nitrogens with zero attached hydrogens (tertiary/aromatic N) is 3. The van der Waals surface area contributed by atoms with Crippen molar-refractivity contribution >= 4 is 22.8 Å². The molecule has 1 amide bonds. The molecule has 0 bridgehead atoms. The zero-order valence-electron chi connectivity index (χ0n) is 22.6. The molecule has 4 heterocycles. The molecule has 1 aliphatic rings. The van der Waals surface area contributed by atoms with Crippen molar-refractivity contribution in [3.05, 3.63) is 60.2 Å². The predicted octanol–water partition coefficient (Wildman–Crippen LogP) is 4.75. The van der Waals surface area contributed by atoms with Crippen molar-refractivity contribution < 1.29 is 23.4 Å². The van der Waals surface area contributed by atoms with Crippen LogP contribution in [0.3, 0.4) is 0 Å². The lowest BCUT2D eigenvalue weighted by atomic mass is 9.87. The second-order valence-electron chi connectivity index (χ2n) is 9.44. The zero-order valence-corrected chi connectivity index (χ0v) is 22.6. The average Bonchev–Trinajstić information content (AvgIpc) is 2.94. The topological polar surface area (TPSA) is 107 Å². The fourth-order valence-electron chi connectivity index (χ4n) is 4.78. The molecule has 0 aliphatic carbocycles. The Balaban J connectivity index is 1.36. The van der Waals surface area contributed by atoms with E-state index in [1.165, 1.54) is 6.20 Å². The summed E-state index contributed by atoms with van der Waals surface area (Å²) in [5, 5.41) is 6.15. The molecule has 3 aromatic heterocycles. The van der Waals surface area contributed by atoms with Gasteiger partial charge in [0.1, 0.15) is 12.4 Å². The van der Waals surface area contributed by atoms with Gasteiger partial charge >= 0.3 is 0 Å². The van der Waals surface area contributed by atoms with Gasteiger partial charge in [0, 0.05) is 24.8 Å². The van der Waals surface area contributed by atoms with Gasteiger partial charge in [0.2, 0.25) is 5.88 Å². The molecule has 10 heteroatoms. The number of hydrogen-bond acceptors (Lipinski definition) is 8. The Morgan fingerprint density at radius 2 is 2.10 bits per heavy atom. The Labute approximate surface area is 228 Å². The van der Waals surface area contributed by atoms with E-state index in [2.05, 4.69) is 39.1 Å². The van der Waals surface area contributed by atoms with E-state index in [-0.39, 0.29) is 23.9 Å². The molecule has 1 aliphatic heterocycles. The highest BCUT2D eigenvalue weighted by atomic mass is 19.1. The molecular weight excluding hydrogens is 501 g/mol. The van der Waals surface area contributed by atoms with Crippen LogP contribution < -0.4 is 20.1 Å². The zero-order chi connectivity index (χ0) is 27.7. The molecule has 9 nitrogen and oxygen atoms in total. The van der Waals surface area contributed by atoms with Crippen LogP contribution in [-0.2, 0) is 22.5 Å². The number of carbonyl (C=O) groups is 1. The van der Waals surface area contributed by atoms with Crippen LogP contribution in [0.5, 0.6) is 11.6 Å². The number of carbonyl (C=O) groups excluding carboxylic acids is 1. The summed E-state index contributed by atoms with van der Waals surface area (Å²) in [5.74, 6) is 0.868. The second kappa shape index (κ2) is 13.4. The molecule has 2 N–H and O–H groups in total. The van der Waals surface area contributed by atoms with Crippen LogP contribution >= 0.6 is 0 Å². The largest absolute Gasteiger partial charge is 0.480 e. The standard InChI is InChI=1S/C29H36FN5O4/c1-4-16-37-26-11-9-23-27(35-26)21(22(30)18-32-23)12-14-29(5-2,39-6-3)13-7-15-31-17-20-8-10-24-28(33-20)34-25(36)19-38-24/h4,8-11,18,31H,1,5-7,12-17,19H2,2-3H3,(H,33,34,36). The minimum atomic E-state index is -0.388. The number of fused-ring (bicyclic) bond motifs is 2. The summed E-state index contributed by atoms with van der Waals surface area (Å²) in [5.41, 5.74) is 2.09. The van der Waals surface area contributed by atoms with Gasteiger partial charge in [0.25, 0.3) is 5.91 Å². The van der Waals surface area contributed by atoms with Gasteiger partial charge in [0.15, 0.2) is 18.2 Å². The summed E-state index contributed by atoms with van der Waals surface area (Å²) in [7, 11) is 0. The van der Waals surface area contributed by atoms with Crippen LogP contribution in [0.1, 0.15) is 50.8 Å². The molecule has 0 spiro atoms. The van der Waals surface area contributed by atoms with Gasteiger partial charge in [-0.1, -0.05) is 19.6 Å². The van der Waals surface area contributed by atoms with Crippen molar-refractivity contribution in [3.8, 4) is 11.6 Å². The number of halogens is 1.